The van der Waals surface area contributed by atoms with E-state index < -0.39 is 11.9 Å². The van der Waals surface area contributed by atoms with Crippen LogP contribution < -0.4 is 4.74 Å². The number of hydrogen-bond acceptors (Lipinski definition) is 5. The molecule has 2 aromatic rings. The normalized spacial score (nSPS) is 16.8. The van der Waals surface area contributed by atoms with Crippen molar-refractivity contribution in [2.75, 3.05) is 13.7 Å². The SMILES string of the molecule is COc1ccc2c(c1)C(C(=O)O)CN(C(=O)c1cn(C)nn1)C2. The Bertz CT molecular complexity index is 771. The van der Waals surface area contributed by atoms with Gasteiger partial charge in [-0.25, -0.2) is 0 Å². The number of fused-ring (bicyclic) bond motifs is 1. The zero-order valence-electron chi connectivity index (χ0n) is 12.8. The molecule has 1 atom stereocenters. The van der Waals surface area contributed by atoms with Crippen LogP contribution in [-0.4, -0.2) is 50.5 Å². The smallest absolute Gasteiger partial charge is 0.312 e. The van der Waals surface area contributed by atoms with Crippen molar-refractivity contribution in [1.29, 1.82) is 0 Å². The first kappa shape index (κ1) is 15.0. The van der Waals surface area contributed by atoms with Crippen molar-refractivity contribution in [3.05, 3.63) is 41.2 Å². The topological polar surface area (TPSA) is 97.6 Å². The Labute approximate surface area is 132 Å². The molecule has 0 saturated carbocycles. The molecular weight excluding hydrogens is 300 g/mol. The highest BCUT2D eigenvalue weighted by Gasteiger charge is 2.34. The molecule has 0 fully saturated rings. The summed E-state index contributed by atoms with van der Waals surface area (Å²) in [6, 6.07) is 5.27. The lowest BCUT2D eigenvalue weighted by Crippen LogP contribution is -2.40. The number of hydrogen-bond donors (Lipinski definition) is 1. The predicted molar refractivity (Wildman–Crippen MR) is 79.1 cm³/mol. The van der Waals surface area contributed by atoms with Crippen molar-refractivity contribution in [3.63, 3.8) is 0 Å². The summed E-state index contributed by atoms with van der Waals surface area (Å²) in [7, 11) is 3.20. The van der Waals surface area contributed by atoms with Gasteiger partial charge in [0.1, 0.15) is 5.75 Å². The van der Waals surface area contributed by atoms with Gasteiger partial charge in [0.05, 0.1) is 19.2 Å². The second-order valence-electron chi connectivity index (χ2n) is 5.42. The highest BCUT2D eigenvalue weighted by molar-refractivity contribution is 5.93. The van der Waals surface area contributed by atoms with Gasteiger partial charge in [0, 0.05) is 20.1 Å². The summed E-state index contributed by atoms with van der Waals surface area (Å²) in [6.07, 6.45) is 1.52. The summed E-state index contributed by atoms with van der Waals surface area (Å²) in [4.78, 5) is 25.6. The summed E-state index contributed by atoms with van der Waals surface area (Å²) >= 11 is 0. The van der Waals surface area contributed by atoms with Crippen LogP contribution in [0.3, 0.4) is 0 Å². The van der Waals surface area contributed by atoms with Crippen LogP contribution in [0.5, 0.6) is 5.75 Å². The Hall–Kier alpha value is -2.90. The van der Waals surface area contributed by atoms with Gasteiger partial charge in [0.25, 0.3) is 5.91 Å². The number of ether oxygens (including phenoxy) is 1. The van der Waals surface area contributed by atoms with E-state index in [0.29, 0.717) is 17.9 Å². The number of carboxylic acid groups (broad SMARTS) is 1. The molecule has 1 unspecified atom stereocenters. The Kier molecular flexibility index (Phi) is 3.73. The second kappa shape index (κ2) is 5.71. The lowest BCUT2D eigenvalue weighted by molar-refractivity contribution is -0.139. The van der Waals surface area contributed by atoms with Gasteiger partial charge in [-0.2, -0.15) is 0 Å². The molecule has 8 heteroatoms. The van der Waals surface area contributed by atoms with Gasteiger partial charge in [0.2, 0.25) is 0 Å². The number of nitrogens with zero attached hydrogens (tertiary/aromatic N) is 4. The number of aliphatic carboxylic acids is 1. The highest BCUT2D eigenvalue weighted by Crippen LogP contribution is 2.32. The van der Waals surface area contributed by atoms with E-state index in [2.05, 4.69) is 10.3 Å². The van der Waals surface area contributed by atoms with Crippen molar-refractivity contribution < 1.29 is 19.4 Å². The Morgan fingerprint density at radius 2 is 2.17 bits per heavy atom. The molecule has 120 valence electrons. The third-order valence-electron chi connectivity index (χ3n) is 3.90. The molecule has 0 aliphatic carbocycles. The number of carbonyl (C=O) groups excluding carboxylic acids is 1. The number of rotatable bonds is 3. The third-order valence-corrected chi connectivity index (χ3v) is 3.90. The molecule has 1 aliphatic heterocycles. The van der Waals surface area contributed by atoms with Gasteiger partial charge in [-0.15, -0.1) is 5.10 Å². The van der Waals surface area contributed by atoms with Crippen LogP contribution in [0.1, 0.15) is 27.5 Å². The molecule has 0 radical (unpaired) electrons. The summed E-state index contributed by atoms with van der Waals surface area (Å²) in [5.41, 5.74) is 1.68. The number of aryl methyl sites for hydroxylation is 1. The van der Waals surface area contributed by atoms with Crippen LogP contribution in [0.15, 0.2) is 24.4 Å². The fourth-order valence-electron chi connectivity index (χ4n) is 2.73. The first-order valence-electron chi connectivity index (χ1n) is 7.05. The van der Waals surface area contributed by atoms with Crippen molar-refractivity contribution in [2.24, 2.45) is 7.05 Å². The van der Waals surface area contributed by atoms with Gasteiger partial charge in [-0.05, 0) is 23.3 Å². The second-order valence-corrected chi connectivity index (χ2v) is 5.42. The monoisotopic (exact) mass is 316 g/mol. The van der Waals surface area contributed by atoms with E-state index in [-0.39, 0.29) is 18.1 Å². The van der Waals surface area contributed by atoms with Crippen LogP contribution >= 0.6 is 0 Å². The van der Waals surface area contributed by atoms with E-state index in [9.17, 15) is 14.7 Å². The molecule has 0 spiro atoms. The van der Waals surface area contributed by atoms with Crippen LogP contribution in [-0.2, 0) is 18.4 Å². The largest absolute Gasteiger partial charge is 0.497 e. The van der Waals surface area contributed by atoms with Crippen LogP contribution in [0, 0.1) is 0 Å². The molecule has 1 N–H and O–H groups in total. The number of carboxylic acids is 1. The van der Waals surface area contributed by atoms with E-state index in [1.165, 1.54) is 22.9 Å². The molecule has 1 aromatic heterocycles. The molecule has 23 heavy (non-hydrogen) atoms. The molecule has 2 heterocycles. The van der Waals surface area contributed by atoms with Crippen molar-refractivity contribution in [2.45, 2.75) is 12.5 Å². The number of methoxy groups -OCH3 is 1. The number of benzene rings is 1. The zero-order chi connectivity index (χ0) is 16.6. The highest BCUT2D eigenvalue weighted by atomic mass is 16.5. The average Bonchev–Trinajstić information content (AvgIpc) is 2.98. The fraction of sp³-hybridized carbons (Fsp3) is 0.333. The van der Waals surface area contributed by atoms with Gasteiger partial charge in [-0.3, -0.25) is 14.3 Å². The minimum atomic E-state index is -0.976. The molecule has 3 rings (SSSR count). The first-order valence-corrected chi connectivity index (χ1v) is 7.05. The number of carbonyl (C=O) groups is 2. The fourth-order valence-corrected chi connectivity index (χ4v) is 2.73. The Morgan fingerprint density at radius 1 is 1.39 bits per heavy atom. The van der Waals surface area contributed by atoms with E-state index in [1.807, 2.05) is 0 Å². The molecule has 0 bridgehead atoms. The Balaban J connectivity index is 1.94. The maximum Gasteiger partial charge on any atom is 0.312 e. The third kappa shape index (κ3) is 2.75. The standard InChI is InChI=1S/C15H16N4O4/c1-18-8-13(16-17-18)14(20)19-6-9-3-4-10(23-2)5-11(9)12(7-19)15(21)22/h3-5,8,12H,6-7H2,1-2H3,(H,21,22). The van der Waals surface area contributed by atoms with E-state index in [0.717, 1.165) is 5.56 Å². The predicted octanol–water partition coefficient (Wildman–Crippen LogP) is 0.648. The van der Waals surface area contributed by atoms with Crippen LogP contribution in [0.25, 0.3) is 0 Å². The molecule has 1 amide bonds. The summed E-state index contributed by atoms with van der Waals surface area (Å²) in [5.74, 6) is -1.50. The van der Waals surface area contributed by atoms with E-state index in [4.69, 9.17) is 4.74 Å². The molecule has 0 saturated heterocycles. The van der Waals surface area contributed by atoms with Crippen LogP contribution in [0.2, 0.25) is 0 Å². The molecular formula is C15H16N4O4. The summed E-state index contributed by atoms with van der Waals surface area (Å²) < 4.78 is 6.60. The van der Waals surface area contributed by atoms with Crippen molar-refractivity contribution in [3.8, 4) is 5.75 Å². The minimum absolute atomic E-state index is 0.0882. The van der Waals surface area contributed by atoms with Crippen molar-refractivity contribution in [1.82, 2.24) is 19.9 Å². The number of amides is 1. The quantitative estimate of drug-likeness (QED) is 0.893. The van der Waals surface area contributed by atoms with Gasteiger partial charge < -0.3 is 14.7 Å². The first-order chi connectivity index (χ1) is 11.0. The zero-order valence-corrected chi connectivity index (χ0v) is 12.8. The lowest BCUT2D eigenvalue weighted by atomic mass is 9.89. The number of aromatic nitrogens is 3. The van der Waals surface area contributed by atoms with E-state index in [1.54, 1.807) is 25.2 Å². The summed E-state index contributed by atoms with van der Waals surface area (Å²) in [5, 5.41) is 17.1. The Morgan fingerprint density at radius 3 is 2.78 bits per heavy atom. The minimum Gasteiger partial charge on any atom is -0.497 e. The van der Waals surface area contributed by atoms with Gasteiger partial charge >= 0.3 is 5.97 Å². The lowest BCUT2D eigenvalue weighted by Gasteiger charge is -2.32. The van der Waals surface area contributed by atoms with Gasteiger partial charge in [-0.1, -0.05) is 11.3 Å². The van der Waals surface area contributed by atoms with E-state index >= 15 is 0 Å². The van der Waals surface area contributed by atoms with Crippen LogP contribution in [0.4, 0.5) is 0 Å². The maximum absolute atomic E-state index is 12.5. The van der Waals surface area contributed by atoms with Crippen molar-refractivity contribution >= 4 is 11.9 Å². The average molecular weight is 316 g/mol. The molecule has 1 aromatic carbocycles. The molecule has 8 nitrogen and oxygen atoms in total. The summed E-state index contributed by atoms with van der Waals surface area (Å²) in [6.45, 7) is 0.420. The maximum atomic E-state index is 12.5. The van der Waals surface area contributed by atoms with Gasteiger partial charge in [0.15, 0.2) is 5.69 Å². The molecule has 1 aliphatic rings.